The molecule has 2 bridgehead atoms. The molecule has 0 aromatic heterocycles. The molecule has 2 aliphatic carbocycles. The summed E-state index contributed by atoms with van der Waals surface area (Å²) in [5.41, 5.74) is 1.19. The quantitative estimate of drug-likeness (QED) is 0.171. The van der Waals surface area contributed by atoms with Crippen LogP contribution >= 0.6 is 24.0 Å². The number of imide groups is 1. The van der Waals surface area contributed by atoms with Crippen LogP contribution in [0.25, 0.3) is 0 Å². The molecule has 32 heavy (non-hydrogen) atoms. The molecule has 2 fully saturated rings. The number of nitrogens with one attached hydrogen (secondary N) is 2. The van der Waals surface area contributed by atoms with E-state index in [-0.39, 0.29) is 65.6 Å². The number of fused-ring (bicyclic) bond motifs is 5. The number of carbonyl (C=O) groups is 2. The van der Waals surface area contributed by atoms with Crippen molar-refractivity contribution < 1.29 is 14.3 Å². The summed E-state index contributed by atoms with van der Waals surface area (Å²) in [6, 6.07) is 7.96. The van der Waals surface area contributed by atoms with E-state index in [4.69, 9.17) is 4.74 Å². The summed E-state index contributed by atoms with van der Waals surface area (Å²) in [7, 11) is 0. The highest BCUT2D eigenvalue weighted by Gasteiger charge is 2.58. The lowest BCUT2D eigenvalue weighted by molar-refractivity contribution is -0.140. The molecule has 0 radical (unpaired) electrons. The van der Waals surface area contributed by atoms with Gasteiger partial charge in [-0.15, -0.1) is 24.0 Å². The van der Waals surface area contributed by atoms with Crippen molar-refractivity contribution >= 4 is 41.8 Å². The molecule has 1 saturated heterocycles. The number of amides is 2. The average Bonchev–Trinajstić information content (AvgIpc) is 3.43. The number of halogens is 1. The Kier molecular flexibility index (Phi) is 8.19. The highest BCUT2D eigenvalue weighted by molar-refractivity contribution is 14.0. The van der Waals surface area contributed by atoms with E-state index in [0.29, 0.717) is 25.6 Å². The van der Waals surface area contributed by atoms with Gasteiger partial charge in [0.2, 0.25) is 11.8 Å². The van der Waals surface area contributed by atoms with Gasteiger partial charge in [0.25, 0.3) is 0 Å². The van der Waals surface area contributed by atoms with Gasteiger partial charge in [0.1, 0.15) is 11.9 Å². The lowest BCUT2D eigenvalue weighted by atomic mass is 9.85. The smallest absolute Gasteiger partial charge is 0.233 e. The average molecular weight is 552 g/mol. The van der Waals surface area contributed by atoms with Gasteiger partial charge in [0.15, 0.2) is 5.96 Å². The summed E-state index contributed by atoms with van der Waals surface area (Å²) in [5, 5.41) is 6.45. The SMILES string of the molecule is CCNC(=NCC(C)Oc1ccc(C)cc1)NCCN1C(=O)C2C3C=CC(C3)C2C1=O.I. The predicted octanol–water partition coefficient (Wildman–Crippen LogP) is 2.74. The second-order valence-electron chi connectivity index (χ2n) is 8.72. The Labute approximate surface area is 207 Å². The molecule has 3 aliphatic rings. The summed E-state index contributed by atoms with van der Waals surface area (Å²) in [5.74, 6) is 1.70. The van der Waals surface area contributed by atoms with E-state index < -0.39 is 0 Å². The lowest BCUT2D eigenvalue weighted by Crippen LogP contribution is -2.44. The van der Waals surface area contributed by atoms with Crippen LogP contribution in [0.15, 0.2) is 41.4 Å². The van der Waals surface area contributed by atoms with E-state index in [0.717, 1.165) is 18.7 Å². The van der Waals surface area contributed by atoms with Gasteiger partial charge in [-0.2, -0.15) is 0 Å². The van der Waals surface area contributed by atoms with Crippen LogP contribution in [0.5, 0.6) is 5.75 Å². The van der Waals surface area contributed by atoms with Gasteiger partial charge in [-0.25, -0.2) is 4.99 Å². The van der Waals surface area contributed by atoms with Crippen LogP contribution in [-0.2, 0) is 9.59 Å². The van der Waals surface area contributed by atoms with E-state index in [2.05, 4.69) is 27.8 Å². The van der Waals surface area contributed by atoms with E-state index in [9.17, 15) is 9.59 Å². The van der Waals surface area contributed by atoms with E-state index in [1.807, 2.05) is 45.0 Å². The molecule has 1 heterocycles. The van der Waals surface area contributed by atoms with Gasteiger partial charge >= 0.3 is 0 Å². The Bertz CT molecular complexity index is 856. The first-order valence-corrected chi connectivity index (χ1v) is 11.3. The van der Waals surface area contributed by atoms with Crippen molar-refractivity contribution in [1.82, 2.24) is 15.5 Å². The number of allylic oxidation sites excluding steroid dienone is 2. The maximum Gasteiger partial charge on any atom is 0.233 e. The van der Waals surface area contributed by atoms with Crippen molar-refractivity contribution in [3.63, 3.8) is 0 Å². The molecule has 8 heteroatoms. The zero-order chi connectivity index (χ0) is 22.0. The van der Waals surface area contributed by atoms with Crippen LogP contribution < -0.4 is 15.4 Å². The van der Waals surface area contributed by atoms with E-state index in [1.54, 1.807) is 0 Å². The lowest BCUT2D eigenvalue weighted by Gasteiger charge is -2.19. The number of hydrogen-bond acceptors (Lipinski definition) is 4. The molecule has 7 nitrogen and oxygen atoms in total. The number of nitrogens with zero attached hydrogens (tertiary/aromatic N) is 2. The monoisotopic (exact) mass is 552 g/mol. The van der Waals surface area contributed by atoms with Gasteiger partial charge in [0, 0.05) is 19.6 Å². The molecule has 0 spiro atoms. The normalized spacial score (nSPS) is 26.7. The molecule has 5 atom stereocenters. The molecule has 1 aromatic carbocycles. The Morgan fingerprint density at radius 3 is 2.34 bits per heavy atom. The molecule has 1 saturated carbocycles. The fourth-order valence-electron chi connectivity index (χ4n) is 4.92. The Balaban J connectivity index is 0.00000289. The topological polar surface area (TPSA) is 83.0 Å². The van der Waals surface area contributed by atoms with Gasteiger partial charge in [-0.05, 0) is 51.2 Å². The fraction of sp³-hybridized carbons (Fsp3) is 0.542. The number of guanidine groups is 1. The zero-order valence-corrected chi connectivity index (χ0v) is 21.2. The number of aryl methyl sites for hydroxylation is 1. The number of rotatable bonds is 8. The number of benzene rings is 1. The van der Waals surface area contributed by atoms with Gasteiger partial charge < -0.3 is 15.4 Å². The van der Waals surface area contributed by atoms with Crippen LogP contribution in [0.4, 0.5) is 0 Å². The molecule has 4 rings (SSSR count). The minimum absolute atomic E-state index is 0. The van der Waals surface area contributed by atoms with Crippen molar-refractivity contribution in [3.8, 4) is 5.75 Å². The van der Waals surface area contributed by atoms with Crippen molar-refractivity contribution in [2.24, 2.45) is 28.7 Å². The molecule has 1 aliphatic heterocycles. The third-order valence-electron chi connectivity index (χ3n) is 6.40. The summed E-state index contributed by atoms with van der Waals surface area (Å²) >= 11 is 0. The fourth-order valence-corrected chi connectivity index (χ4v) is 4.92. The molecule has 2 N–H and O–H groups in total. The van der Waals surface area contributed by atoms with Crippen LogP contribution in [0.2, 0.25) is 0 Å². The molecule has 1 aromatic rings. The Hall–Kier alpha value is -2.10. The van der Waals surface area contributed by atoms with Crippen LogP contribution in [0.3, 0.4) is 0 Å². The molecular formula is C24H33IN4O3. The third-order valence-corrected chi connectivity index (χ3v) is 6.40. The maximum atomic E-state index is 12.8. The highest BCUT2D eigenvalue weighted by Crippen LogP contribution is 2.52. The Morgan fingerprint density at radius 1 is 1.12 bits per heavy atom. The third kappa shape index (κ3) is 5.10. The summed E-state index contributed by atoms with van der Waals surface area (Å²) in [6.07, 6.45) is 5.12. The van der Waals surface area contributed by atoms with E-state index >= 15 is 0 Å². The van der Waals surface area contributed by atoms with Gasteiger partial charge in [0.05, 0.1) is 18.4 Å². The second-order valence-corrected chi connectivity index (χ2v) is 8.72. The van der Waals surface area contributed by atoms with Gasteiger partial charge in [-0.1, -0.05) is 29.8 Å². The number of aliphatic imine (C=N–C) groups is 1. The largest absolute Gasteiger partial charge is 0.489 e. The molecule has 5 unspecified atom stereocenters. The van der Waals surface area contributed by atoms with Crippen molar-refractivity contribution in [1.29, 1.82) is 0 Å². The highest BCUT2D eigenvalue weighted by atomic mass is 127. The molecule has 174 valence electrons. The first-order valence-electron chi connectivity index (χ1n) is 11.3. The number of ether oxygens (including phenoxy) is 1. The Morgan fingerprint density at radius 2 is 1.75 bits per heavy atom. The maximum absolute atomic E-state index is 12.8. The summed E-state index contributed by atoms with van der Waals surface area (Å²) in [4.78, 5) is 31.6. The van der Waals surface area contributed by atoms with Gasteiger partial charge in [-0.3, -0.25) is 14.5 Å². The van der Waals surface area contributed by atoms with Crippen molar-refractivity contribution in [2.75, 3.05) is 26.2 Å². The first kappa shape index (κ1) is 24.5. The summed E-state index contributed by atoms with van der Waals surface area (Å²) in [6.45, 7) is 8.07. The number of hydrogen-bond donors (Lipinski definition) is 2. The number of carbonyl (C=O) groups excluding carboxylic acids is 2. The van der Waals surface area contributed by atoms with Crippen LogP contribution in [0.1, 0.15) is 25.8 Å². The van der Waals surface area contributed by atoms with Crippen LogP contribution in [-0.4, -0.2) is 55.0 Å². The molecular weight excluding hydrogens is 519 g/mol. The predicted molar refractivity (Wildman–Crippen MR) is 135 cm³/mol. The zero-order valence-electron chi connectivity index (χ0n) is 18.9. The second kappa shape index (κ2) is 10.7. The molecule has 2 amide bonds. The summed E-state index contributed by atoms with van der Waals surface area (Å²) < 4.78 is 5.91. The number of likely N-dealkylation sites (tertiary alicyclic amines) is 1. The van der Waals surface area contributed by atoms with Crippen LogP contribution in [0, 0.1) is 30.6 Å². The van der Waals surface area contributed by atoms with Crippen molar-refractivity contribution in [2.45, 2.75) is 33.3 Å². The van der Waals surface area contributed by atoms with Crippen molar-refractivity contribution in [3.05, 3.63) is 42.0 Å². The minimum atomic E-state index is -0.135. The minimum Gasteiger partial charge on any atom is -0.489 e. The van der Waals surface area contributed by atoms with E-state index in [1.165, 1.54) is 10.5 Å². The first-order chi connectivity index (χ1) is 15.0. The standard InChI is InChI=1S/C24H32N4O3.HI/c1-4-25-24(27-14-16(3)31-19-9-5-15(2)6-10-19)26-11-12-28-22(29)20-17-7-8-18(13-17)21(20)23(28)30;/h5-10,16-18,20-21H,4,11-14H2,1-3H3,(H2,25,26,27);1H.